The normalized spacial score (nSPS) is 10.2. The molecule has 0 aliphatic heterocycles. The third-order valence-electron chi connectivity index (χ3n) is 1.59. The molecule has 92 valence electrons. The summed E-state index contributed by atoms with van der Waals surface area (Å²) in [5.74, 6) is -14.3. The molecule has 1 aromatic carbocycles. The lowest BCUT2D eigenvalue weighted by atomic mass is 10.1. The van der Waals surface area contributed by atoms with Gasteiger partial charge in [0.2, 0.25) is 5.82 Å². The molecule has 0 aliphatic rings. The highest BCUT2D eigenvalue weighted by atomic mass is 19.2. The molecule has 0 radical (unpaired) electrons. The molecule has 0 heterocycles. The number of esters is 1. The topological polar surface area (TPSA) is 63.6 Å². The largest absolute Gasteiger partial charge is 0.513 e. The highest BCUT2D eigenvalue weighted by Crippen LogP contribution is 2.23. The first-order chi connectivity index (χ1) is 7.77. The molecule has 0 unspecified atom stereocenters. The fourth-order valence-corrected chi connectivity index (χ4v) is 0.914. The molecule has 9 heteroatoms. The van der Waals surface area contributed by atoms with E-state index in [1.807, 2.05) is 0 Å². The molecule has 0 aromatic heterocycles. The Kier molecular flexibility index (Phi) is 3.30. The number of halogens is 5. The summed E-state index contributed by atoms with van der Waals surface area (Å²) in [6, 6.07) is 0. The Morgan fingerprint density at radius 1 is 0.824 bits per heavy atom. The van der Waals surface area contributed by atoms with Crippen molar-refractivity contribution in [1.29, 1.82) is 0 Å². The van der Waals surface area contributed by atoms with Crippen LogP contribution < -0.4 is 0 Å². The Labute approximate surface area is 89.2 Å². The van der Waals surface area contributed by atoms with E-state index >= 15 is 0 Å². The summed E-state index contributed by atoms with van der Waals surface area (Å²) in [5, 5.41) is 7.97. The van der Waals surface area contributed by atoms with Crippen molar-refractivity contribution >= 4 is 12.1 Å². The first-order valence-electron chi connectivity index (χ1n) is 3.74. The summed E-state index contributed by atoms with van der Waals surface area (Å²) in [4.78, 5) is 20.7. The van der Waals surface area contributed by atoms with Crippen LogP contribution in [-0.4, -0.2) is 17.2 Å². The number of benzene rings is 1. The van der Waals surface area contributed by atoms with Crippen LogP contribution in [0.1, 0.15) is 10.4 Å². The van der Waals surface area contributed by atoms with Crippen LogP contribution >= 0.6 is 0 Å². The molecule has 0 atom stereocenters. The van der Waals surface area contributed by atoms with Crippen molar-refractivity contribution in [2.24, 2.45) is 0 Å². The summed E-state index contributed by atoms with van der Waals surface area (Å²) >= 11 is 0. The maximum atomic E-state index is 12.9. The lowest BCUT2D eigenvalue weighted by molar-refractivity contribution is 0.0496. The van der Waals surface area contributed by atoms with Crippen molar-refractivity contribution < 1.29 is 41.4 Å². The third-order valence-corrected chi connectivity index (χ3v) is 1.59. The molecule has 4 nitrogen and oxygen atoms in total. The number of hydrogen-bond acceptors (Lipinski definition) is 3. The van der Waals surface area contributed by atoms with Gasteiger partial charge >= 0.3 is 12.1 Å². The van der Waals surface area contributed by atoms with E-state index in [0.29, 0.717) is 0 Å². The predicted molar refractivity (Wildman–Crippen MR) is 39.7 cm³/mol. The zero-order valence-corrected chi connectivity index (χ0v) is 7.56. The van der Waals surface area contributed by atoms with Gasteiger partial charge in [0.1, 0.15) is 5.56 Å². The van der Waals surface area contributed by atoms with E-state index in [0.717, 1.165) is 0 Å². The smallest absolute Gasteiger partial charge is 0.449 e. The Bertz CT molecular complexity index is 484. The van der Waals surface area contributed by atoms with Crippen LogP contribution in [0.2, 0.25) is 0 Å². The maximum Gasteiger partial charge on any atom is 0.513 e. The van der Waals surface area contributed by atoms with Crippen LogP contribution in [0.15, 0.2) is 0 Å². The van der Waals surface area contributed by atoms with Gasteiger partial charge in [-0.3, -0.25) is 0 Å². The van der Waals surface area contributed by atoms with Gasteiger partial charge in [0.25, 0.3) is 0 Å². The van der Waals surface area contributed by atoms with E-state index in [9.17, 15) is 31.5 Å². The maximum absolute atomic E-state index is 12.9. The zero-order valence-electron chi connectivity index (χ0n) is 7.56. The van der Waals surface area contributed by atoms with Crippen LogP contribution in [0.4, 0.5) is 26.7 Å². The summed E-state index contributed by atoms with van der Waals surface area (Å²) in [5.41, 5.74) is -1.97. The Hall–Kier alpha value is -2.19. The SMILES string of the molecule is O=C(O)OC(=O)c1c(F)c(F)c(F)c(F)c1F. The third kappa shape index (κ3) is 2.17. The molecule has 0 saturated heterocycles. The molecule has 0 amide bonds. The van der Waals surface area contributed by atoms with Crippen molar-refractivity contribution in [3.05, 3.63) is 34.6 Å². The van der Waals surface area contributed by atoms with E-state index in [1.165, 1.54) is 0 Å². The monoisotopic (exact) mass is 256 g/mol. The molecule has 0 saturated carbocycles. The summed E-state index contributed by atoms with van der Waals surface area (Å²) in [7, 11) is 0. The minimum absolute atomic E-state index is 1.97. The van der Waals surface area contributed by atoms with Gasteiger partial charge < -0.3 is 9.84 Å². The van der Waals surface area contributed by atoms with E-state index in [-0.39, 0.29) is 0 Å². The second-order valence-corrected chi connectivity index (χ2v) is 2.60. The molecule has 17 heavy (non-hydrogen) atoms. The van der Waals surface area contributed by atoms with E-state index in [4.69, 9.17) is 5.11 Å². The molecule has 0 bridgehead atoms. The molecule has 1 aromatic rings. The summed E-state index contributed by atoms with van der Waals surface area (Å²) < 4.78 is 66.8. The van der Waals surface area contributed by atoms with Gasteiger partial charge in [0, 0.05) is 0 Å². The second-order valence-electron chi connectivity index (χ2n) is 2.60. The van der Waals surface area contributed by atoms with E-state index < -0.39 is 46.8 Å². The average molecular weight is 256 g/mol. The van der Waals surface area contributed by atoms with Gasteiger partial charge in [-0.2, -0.15) is 0 Å². The highest BCUT2D eigenvalue weighted by molar-refractivity contribution is 5.95. The van der Waals surface area contributed by atoms with Crippen molar-refractivity contribution in [3.8, 4) is 0 Å². The molecule has 0 spiro atoms. The first kappa shape index (κ1) is 12.9. The molecule has 1 N–H and O–H groups in total. The molecule has 1 rings (SSSR count). The lowest BCUT2D eigenvalue weighted by Gasteiger charge is -2.05. The van der Waals surface area contributed by atoms with Crippen LogP contribution in [0, 0.1) is 29.1 Å². The minimum Gasteiger partial charge on any atom is -0.449 e. The Morgan fingerprint density at radius 3 is 1.53 bits per heavy atom. The van der Waals surface area contributed by atoms with Gasteiger partial charge in [-0.1, -0.05) is 0 Å². The van der Waals surface area contributed by atoms with Gasteiger partial charge in [-0.15, -0.1) is 0 Å². The number of ether oxygens (including phenoxy) is 1. The fourth-order valence-electron chi connectivity index (χ4n) is 0.914. The van der Waals surface area contributed by atoms with E-state index in [1.54, 1.807) is 0 Å². The Morgan fingerprint density at radius 2 is 1.18 bits per heavy atom. The number of carbonyl (C=O) groups excluding carboxylic acids is 1. The van der Waals surface area contributed by atoms with Gasteiger partial charge in [-0.05, 0) is 0 Å². The van der Waals surface area contributed by atoms with Crippen LogP contribution in [0.3, 0.4) is 0 Å². The quantitative estimate of drug-likeness (QED) is 0.275. The number of hydrogen-bond donors (Lipinski definition) is 1. The van der Waals surface area contributed by atoms with Crippen LogP contribution in [0.25, 0.3) is 0 Å². The van der Waals surface area contributed by atoms with Crippen LogP contribution in [0.5, 0.6) is 0 Å². The summed E-state index contributed by atoms with van der Waals surface area (Å²) in [6.07, 6.45) is -2.25. The molecular weight excluding hydrogens is 255 g/mol. The number of carbonyl (C=O) groups is 2. The molecular formula is C8HF5O4. The van der Waals surface area contributed by atoms with Crippen molar-refractivity contribution in [2.45, 2.75) is 0 Å². The van der Waals surface area contributed by atoms with E-state index in [2.05, 4.69) is 4.74 Å². The minimum atomic E-state index is -2.47. The first-order valence-corrected chi connectivity index (χ1v) is 3.74. The van der Waals surface area contributed by atoms with Crippen molar-refractivity contribution in [3.63, 3.8) is 0 Å². The van der Waals surface area contributed by atoms with Gasteiger partial charge in [-0.25, -0.2) is 31.5 Å². The van der Waals surface area contributed by atoms with Gasteiger partial charge in [0.05, 0.1) is 0 Å². The Balaban J connectivity index is 3.44. The number of rotatable bonds is 1. The van der Waals surface area contributed by atoms with Gasteiger partial charge in [0.15, 0.2) is 23.3 Å². The van der Waals surface area contributed by atoms with Crippen LogP contribution in [-0.2, 0) is 4.74 Å². The standard InChI is InChI=1S/C8HF5O4/c9-2-1(7(14)17-8(15)16)3(10)5(12)6(13)4(2)11/h(H,15,16). The molecule has 0 aliphatic carbocycles. The number of carboxylic acid groups (broad SMARTS) is 1. The summed E-state index contributed by atoms with van der Waals surface area (Å²) in [6.45, 7) is 0. The predicted octanol–water partition coefficient (Wildman–Crippen LogP) is 2.22. The fraction of sp³-hybridized carbons (Fsp3) is 0. The highest BCUT2D eigenvalue weighted by Gasteiger charge is 2.31. The zero-order chi connectivity index (χ0) is 13.3. The van der Waals surface area contributed by atoms with Crippen molar-refractivity contribution in [2.75, 3.05) is 0 Å². The van der Waals surface area contributed by atoms with Crippen molar-refractivity contribution in [1.82, 2.24) is 0 Å². The average Bonchev–Trinajstić information content (AvgIpc) is 2.23. The lowest BCUT2D eigenvalue weighted by Crippen LogP contribution is -2.17. The molecule has 0 fully saturated rings. The second kappa shape index (κ2) is 4.36.